The van der Waals surface area contributed by atoms with Crippen LogP contribution in [0.3, 0.4) is 0 Å². The van der Waals surface area contributed by atoms with Crippen LogP contribution in [0.15, 0.2) is 67.1 Å². The van der Waals surface area contributed by atoms with Gasteiger partial charge in [0.25, 0.3) is 5.91 Å². The van der Waals surface area contributed by atoms with Gasteiger partial charge in [0, 0.05) is 24.1 Å². The molecule has 188 valence electrons. The second kappa shape index (κ2) is 11.8. The standard InChI is InChI=1S/C29H34N4O3/c1-3-20(2)21-9-13-24(14-10-21)33(29(36)26-19-30-17-18-31-26)27(22-11-15-25(34)16-12-22)28(35)32-23-7-5-4-6-8-23/h9-20,23,27,34H,3-8H2,1-2H3,(H,32,35)/t20-,27+/m0/s1. The molecular weight excluding hydrogens is 452 g/mol. The molecule has 2 amide bonds. The van der Waals surface area contributed by atoms with Crippen molar-refractivity contribution in [2.45, 2.75) is 70.4 Å². The molecule has 36 heavy (non-hydrogen) atoms. The SMILES string of the molecule is CC[C@H](C)c1ccc(N(C(=O)c2cnccn2)[C@@H](C(=O)NC2CCCCC2)c2ccc(O)cc2)cc1. The average molecular weight is 487 g/mol. The lowest BCUT2D eigenvalue weighted by Crippen LogP contribution is -2.47. The molecule has 0 saturated heterocycles. The van der Waals surface area contributed by atoms with Crippen LogP contribution in [-0.2, 0) is 4.79 Å². The number of aromatic hydroxyl groups is 1. The molecule has 2 aromatic carbocycles. The van der Waals surface area contributed by atoms with Crippen LogP contribution in [0.4, 0.5) is 5.69 Å². The third kappa shape index (κ3) is 5.90. The predicted octanol–water partition coefficient (Wildman–Crippen LogP) is 5.53. The highest BCUT2D eigenvalue weighted by molar-refractivity contribution is 6.09. The van der Waals surface area contributed by atoms with Crippen LogP contribution in [-0.4, -0.2) is 32.9 Å². The summed E-state index contributed by atoms with van der Waals surface area (Å²) in [6.07, 6.45) is 10.6. The van der Waals surface area contributed by atoms with Crippen molar-refractivity contribution < 1.29 is 14.7 Å². The average Bonchev–Trinajstić information content (AvgIpc) is 2.92. The highest BCUT2D eigenvalue weighted by atomic mass is 16.3. The zero-order valence-corrected chi connectivity index (χ0v) is 20.9. The number of carbonyl (C=O) groups is 2. The lowest BCUT2D eigenvalue weighted by atomic mass is 9.94. The van der Waals surface area contributed by atoms with Gasteiger partial charge in [-0.15, -0.1) is 0 Å². The van der Waals surface area contributed by atoms with Gasteiger partial charge in [-0.1, -0.05) is 57.4 Å². The molecule has 3 aromatic rings. The van der Waals surface area contributed by atoms with Crippen LogP contribution in [0.5, 0.6) is 5.75 Å². The summed E-state index contributed by atoms with van der Waals surface area (Å²) in [4.78, 5) is 37.5. The van der Waals surface area contributed by atoms with E-state index in [0.717, 1.165) is 32.1 Å². The third-order valence-corrected chi connectivity index (χ3v) is 7.02. The first kappa shape index (κ1) is 25.4. The Labute approximate surface area is 212 Å². The van der Waals surface area contributed by atoms with Gasteiger partial charge in [-0.05, 0) is 60.6 Å². The van der Waals surface area contributed by atoms with Crippen LogP contribution in [0, 0.1) is 0 Å². The molecule has 7 nitrogen and oxygen atoms in total. The molecule has 0 unspecified atom stereocenters. The number of benzene rings is 2. The fraction of sp³-hybridized carbons (Fsp3) is 0.379. The van der Waals surface area contributed by atoms with Crippen molar-refractivity contribution in [3.63, 3.8) is 0 Å². The summed E-state index contributed by atoms with van der Waals surface area (Å²) in [7, 11) is 0. The van der Waals surface area contributed by atoms with E-state index in [1.807, 2.05) is 24.3 Å². The molecule has 0 radical (unpaired) electrons. The molecule has 1 aliphatic rings. The van der Waals surface area contributed by atoms with E-state index in [1.165, 1.54) is 47.6 Å². The van der Waals surface area contributed by atoms with E-state index in [2.05, 4.69) is 29.1 Å². The molecular formula is C29H34N4O3. The molecule has 0 spiro atoms. The van der Waals surface area contributed by atoms with Gasteiger partial charge in [0.2, 0.25) is 5.91 Å². The molecule has 1 heterocycles. The van der Waals surface area contributed by atoms with E-state index >= 15 is 0 Å². The summed E-state index contributed by atoms with van der Waals surface area (Å²) < 4.78 is 0. The molecule has 1 fully saturated rings. The van der Waals surface area contributed by atoms with Crippen LogP contribution < -0.4 is 10.2 Å². The van der Waals surface area contributed by atoms with Gasteiger partial charge < -0.3 is 10.4 Å². The summed E-state index contributed by atoms with van der Waals surface area (Å²) >= 11 is 0. The smallest absolute Gasteiger partial charge is 0.279 e. The predicted molar refractivity (Wildman–Crippen MR) is 140 cm³/mol. The molecule has 2 atom stereocenters. The number of hydrogen-bond donors (Lipinski definition) is 2. The fourth-order valence-electron chi connectivity index (χ4n) is 4.72. The van der Waals surface area contributed by atoms with Gasteiger partial charge in [-0.2, -0.15) is 0 Å². The van der Waals surface area contributed by atoms with Crippen LogP contribution in [0.25, 0.3) is 0 Å². The molecule has 2 N–H and O–H groups in total. The number of hydrogen-bond acceptors (Lipinski definition) is 5. The van der Waals surface area contributed by atoms with Crippen molar-refractivity contribution in [3.05, 3.63) is 83.9 Å². The number of nitrogens with one attached hydrogen (secondary N) is 1. The second-order valence-corrected chi connectivity index (χ2v) is 9.50. The fourth-order valence-corrected chi connectivity index (χ4v) is 4.72. The van der Waals surface area contributed by atoms with E-state index in [-0.39, 0.29) is 23.4 Å². The summed E-state index contributed by atoms with van der Waals surface area (Å²) in [6.45, 7) is 4.30. The minimum absolute atomic E-state index is 0.0760. The molecule has 4 rings (SSSR count). The lowest BCUT2D eigenvalue weighted by molar-refractivity contribution is -0.123. The van der Waals surface area contributed by atoms with E-state index in [9.17, 15) is 14.7 Å². The van der Waals surface area contributed by atoms with Crippen molar-refractivity contribution in [2.24, 2.45) is 0 Å². The van der Waals surface area contributed by atoms with Crippen molar-refractivity contribution in [1.82, 2.24) is 15.3 Å². The Balaban J connectivity index is 1.79. The summed E-state index contributed by atoms with van der Waals surface area (Å²) in [5.74, 6) is -0.201. The number of amides is 2. The van der Waals surface area contributed by atoms with Crippen molar-refractivity contribution in [3.8, 4) is 5.75 Å². The van der Waals surface area contributed by atoms with Crippen LogP contribution in [0.1, 0.15) is 85.9 Å². The quantitative estimate of drug-likeness (QED) is 0.436. The third-order valence-electron chi connectivity index (χ3n) is 7.02. The van der Waals surface area contributed by atoms with E-state index < -0.39 is 11.9 Å². The Hall–Kier alpha value is -3.74. The van der Waals surface area contributed by atoms with Gasteiger partial charge >= 0.3 is 0 Å². The largest absolute Gasteiger partial charge is 0.508 e. The highest BCUT2D eigenvalue weighted by Gasteiger charge is 2.35. The van der Waals surface area contributed by atoms with Gasteiger partial charge in [-0.3, -0.25) is 19.5 Å². The van der Waals surface area contributed by atoms with Crippen molar-refractivity contribution in [1.29, 1.82) is 0 Å². The normalized spacial score (nSPS) is 15.6. The Kier molecular flexibility index (Phi) is 8.31. The zero-order chi connectivity index (χ0) is 25.5. The number of phenolic OH excluding ortho intramolecular Hbond substituents is 1. The maximum Gasteiger partial charge on any atom is 0.279 e. The Morgan fingerprint density at radius 3 is 2.28 bits per heavy atom. The van der Waals surface area contributed by atoms with E-state index in [1.54, 1.807) is 12.1 Å². The molecule has 1 aliphatic carbocycles. The molecule has 0 bridgehead atoms. The number of carbonyl (C=O) groups excluding carboxylic acids is 2. The summed E-state index contributed by atoms with van der Waals surface area (Å²) in [5, 5.41) is 13.1. The zero-order valence-electron chi connectivity index (χ0n) is 20.9. The van der Waals surface area contributed by atoms with Crippen LogP contribution >= 0.6 is 0 Å². The van der Waals surface area contributed by atoms with Gasteiger partial charge in [0.05, 0.1) is 6.20 Å². The number of phenols is 1. The topological polar surface area (TPSA) is 95.4 Å². The van der Waals surface area contributed by atoms with Gasteiger partial charge in [0.1, 0.15) is 17.5 Å². The van der Waals surface area contributed by atoms with Crippen molar-refractivity contribution >= 4 is 17.5 Å². The number of rotatable bonds is 8. The second-order valence-electron chi connectivity index (χ2n) is 9.50. The number of aromatic nitrogens is 2. The van der Waals surface area contributed by atoms with Crippen molar-refractivity contribution in [2.75, 3.05) is 4.90 Å². The highest BCUT2D eigenvalue weighted by Crippen LogP contribution is 2.32. The van der Waals surface area contributed by atoms with Gasteiger partial charge in [-0.25, -0.2) is 4.98 Å². The molecule has 1 aromatic heterocycles. The maximum atomic E-state index is 13.9. The maximum absolute atomic E-state index is 13.9. The Bertz CT molecular complexity index is 1140. The number of anilines is 1. The van der Waals surface area contributed by atoms with Gasteiger partial charge in [0.15, 0.2) is 0 Å². The molecule has 1 saturated carbocycles. The van der Waals surface area contributed by atoms with E-state index in [0.29, 0.717) is 17.2 Å². The van der Waals surface area contributed by atoms with E-state index in [4.69, 9.17) is 0 Å². The summed E-state index contributed by atoms with van der Waals surface area (Å²) in [5.41, 5.74) is 2.51. The molecule has 0 aliphatic heterocycles. The first-order valence-electron chi connectivity index (χ1n) is 12.8. The first-order valence-corrected chi connectivity index (χ1v) is 12.8. The Morgan fingerprint density at radius 2 is 1.67 bits per heavy atom. The minimum Gasteiger partial charge on any atom is -0.508 e. The van der Waals surface area contributed by atoms with Crippen LogP contribution in [0.2, 0.25) is 0 Å². The Morgan fingerprint density at radius 1 is 1.00 bits per heavy atom. The first-order chi connectivity index (χ1) is 17.5. The minimum atomic E-state index is -0.948. The summed E-state index contributed by atoms with van der Waals surface area (Å²) in [6, 6.07) is 13.4. The monoisotopic (exact) mass is 486 g/mol. The molecule has 7 heteroatoms. The lowest BCUT2D eigenvalue weighted by Gasteiger charge is -2.33. The number of nitrogens with zero attached hydrogens (tertiary/aromatic N) is 3.